The van der Waals surface area contributed by atoms with Crippen LogP contribution in [0.15, 0.2) is 10.7 Å². The number of hydrogen-bond acceptors (Lipinski definition) is 5. The highest BCUT2D eigenvalue weighted by atomic mass is 16.5. The minimum absolute atomic E-state index is 0.0197. The molecule has 5 heteroatoms. The summed E-state index contributed by atoms with van der Waals surface area (Å²) in [6.45, 7) is 5.03. The predicted molar refractivity (Wildman–Crippen MR) is 54.9 cm³/mol. The fourth-order valence-electron chi connectivity index (χ4n) is 1.21. The molecule has 1 heterocycles. The Hall–Kier alpha value is -1.78. The van der Waals surface area contributed by atoms with E-state index in [-0.39, 0.29) is 13.2 Å². The van der Waals surface area contributed by atoms with Crippen LogP contribution >= 0.6 is 0 Å². The largest absolute Gasteiger partial charge is 0.468 e. The van der Waals surface area contributed by atoms with Crippen molar-refractivity contribution < 1.29 is 23.5 Å². The summed E-state index contributed by atoms with van der Waals surface area (Å²) in [5.41, 5.74) is 0.856. The first-order valence-corrected chi connectivity index (χ1v) is 4.93. The Bertz CT molecular complexity index is 391. The molecule has 16 heavy (non-hydrogen) atoms. The van der Waals surface area contributed by atoms with Crippen molar-refractivity contribution in [2.75, 3.05) is 6.61 Å². The second kappa shape index (κ2) is 5.34. The number of ether oxygens (including phenoxy) is 2. The average molecular weight is 226 g/mol. The van der Waals surface area contributed by atoms with E-state index < -0.39 is 11.9 Å². The fourth-order valence-corrected chi connectivity index (χ4v) is 1.21. The van der Waals surface area contributed by atoms with Crippen LogP contribution < -0.4 is 0 Å². The maximum atomic E-state index is 11.5. The molecule has 5 nitrogen and oxygen atoms in total. The van der Waals surface area contributed by atoms with Gasteiger partial charge in [0.2, 0.25) is 0 Å². The molecular weight excluding hydrogens is 212 g/mol. The third-order valence-electron chi connectivity index (χ3n) is 2.02. The van der Waals surface area contributed by atoms with Gasteiger partial charge >= 0.3 is 11.9 Å². The van der Waals surface area contributed by atoms with Gasteiger partial charge in [-0.1, -0.05) is 0 Å². The first-order chi connectivity index (χ1) is 7.56. The van der Waals surface area contributed by atoms with Crippen molar-refractivity contribution >= 4 is 11.9 Å². The Morgan fingerprint density at radius 1 is 1.38 bits per heavy atom. The number of hydrogen-bond donors (Lipinski definition) is 0. The standard InChI is InChI=1S/C11H14O5/c1-4-14-11(13)10-6-15-7(2)9(10)5-16-8(3)12/h6H,4-5H2,1-3H3. The third kappa shape index (κ3) is 2.85. The van der Waals surface area contributed by atoms with Gasteiger partial charge in [0.25, 0.3) is 0 Å². The van der Waals surface area contributed by atoms with E-state index in [1.807, 2.05) is 0 Å². The number of rotatable bonds is 4. The first-order valence-electron chi connectivity index (χ1n) is 4.93. The first kappa shape index (κ1) is 12.3. The summed E-state index contributed by atoms with van der Waals surface area (Å²) >= 11 is 0. The van der Waals surface area contributed by atoms with Crippen LogP contribution in [-0.4, -0.2) is 18.5 Å². The molecule has 1 rings (SSSR count). The molecule has 0 unspecified atom stereocenters. The molecule has 0 spiro atoms. The van der Waals surface area contributed by atoms with Crippen LogP contribution in [0.25, 0.3) is 0 Å². The van der Waals surface area contributed by atoms with E-state index in [1.54, 1.807) is 13.8 Å². The van der Waals surface area contributed by atoms with Crippen LogP contribution in [0.5, 0.6) is 0 Å². The molecule has 0 bridgehead atoms. The lowest BCUT2D eigenvalue weighted by atomic mass is 10.1. The van der Waals surface area contributed by atoms with Gasteiger partial charge < -0.3 is 13.9 Å². The van der Waals surface area contributed by atoms with Crippen molar-refractivity contribution in [1.29, 1.82) is 0 Å². The van der Waals surface area contributed by atoms with Crippen molar-refractivity contribution in [2.24, 2.45) is 0 Å². The highest BCUT2D eigenvalue weighted by Gasteiger charge is 2.19. The Balaban J connectivity index is 2.85. The van der Waals surface area contributed by atoms with Gasteiger partial charge in [-0.2, -0.15) is 0 Å². The molecule has 0 atom stereocenters. The molecule has 0 aliphatic carbocycles. The van der Waals surface area contributed by atoms with Crippen LogP contribution in [0.3, 0.4) is 0 Å². The van der Waals surface area contributed by atoms with Crippen molar-refractivity contribution in [3.8, 4) is 0 Å². The molecule has 0 N–H and O–H groups in total. The van der Waals surface area contributed by atoms with Crippen LogP contribution in [0, 0.1) is 6.92 Å². The Morgan fingerprint density at radius 2 is 2.06 bits per heavy atom. The zero-order valence-electron chi connectivity index (χ0n) is 9.53. The van der Waals surface area contributed by atoms with Crippen LogP contribution in [0.2, 0.25) is 0 Å². The number of furan rings is 1. The predicted octanol–water partition coefficient (Wildman–Crippen LogP) is 1.83. The molecule has 1 aromatic heterocycles. The zero-order chi connectivity index (χ0) is 12.1. The van der Waals surface area contributed by atoms with Crippen molar-refractivity contribution in [3.05, 3.63) is 23.2 Å². The van der Waals surface area contributed by atoms with Gasteiger partial charge in [-0.15, -0.1) is 0 Å². The molecule has 0 aliphatic heterocycles. The molecule has 88 valence electrons. The van der Waals surface area contributed by atoms with E-state index in [0.29, 0.717) is 16.9 Å². The SMILES string of the molecule is CCOC(=O)c1coc(C)c1COC(C)=O. The van der Waals surface area contributed by atoms with Crippen LogP contribution in [0.1, 0.15) is 35.5 Å². The van der Waals surface area contributed by atoms with Crippen molar-refractivity contribution in [2.45, 2.75) is 27.4 Å². The maximum absolute atomic E-state index is 11.5. The lowest BCUT2D eigenvalue weighted by molar-refractivity contribution is -0.142. The smallest absolute Gasteiger partial charge is 0.341 e. The molecule has 0 aromatic carbocycles. The van der Waals surface area contributed by atoms with Crippen LogP contribution in [0.4, 0.5) is 0 Å². The van der Waals surface area contributed by atoms with Gasteiger partial charge in [0, 0.05) is 12.5 Å². The summed E-state index contributed by atoms with van der Waals surface area (Å²) < 4.78 is 14.8. The molecule has 0 radical (unpaired) electrons. The molecule has 0 saturated heterocycles. The van der Waals surface area contributed by atoms with Gasteiger partial charge in [-0.05, 0) is 13.8 Å². The second-order valence-corrected chi connectivity index (χ2v) is 3.18. The Labute approximate surface area is 93.3 Å². The normalized spacial score (nSPS) is 9.94. The molecule has 0 aliphatic rings. The fraction of sp³-hybridized carbons (Fsp3) is 0.455. The summed E-state index contributed by atoms with van der Waals surface area (Å²) in [6.07, 6.45) is 1.31. The quantitative estimate of drug-likeness (QED) is 0.733. The van der Waals surface area contributed by atoms with E-state index in [9.17, 15) is 9.59 Å². The van der Waals surface area contributed by atoms with Crippen molar-refractivity contribution in [1.82, 2.24) is 0 Å². The minimum atomic E-state index is -0.471. The van der Waals surface area contributed by atoms with Crippen molar-refractivity contribution in [3.63, 3.8) is 0 Å². The highest BCUT2D eigenvalue weighted by Crippen LogP contribution is 2.18. The van der Waals surface area contributed by atoms with Gasteiger partial charge in [0.15, 0.2) is 0 Å². The summed E-state index contributed by atoms with van der Waals surface area (Å²) in [4.78, 5) is 22.2. The Kier molecular flexibility index (Phi) is 4.10. The molecular formula is C11H14O5. The number of esters is 2. The van der Waals surface area contributed by atoms with E-state index in [4.69, 9.17) is 13.9 Å². The number of aryl methyl sites for hydroxylation is 1. The minimum Gasteiger partial charge on any atom is -0.468 e. The number of carbonyl (C=O) groups excluding carboxylic acids is 2. The van der Waals surface area contributed by atoms with E-state index >= 15 is 0 Å². The van der Waals surface area contributed by atoms with Gasteiger partial charge in [-0.3, -0.25) is 4.79 Å². The molecule has 0 saturated carbocycles. The van der Waals surface area contributed by atoms with Gasteiger partial charge in [0.05, 0.1) is 6.61 Å². The lowest BCUT2D eigenvalue weighted by Gasteiger charge is -2.04. The summed E-state index contributed by atoms with van der Waals surface area (Å²) in [6, 6.07) is 0. The lowest BCUT2D eigenvalue weighted by Crippen LogP contribution is -2.08. The average Bonchev–Trinajstić information content (AvgIpc) is 2.57. The monoisotopic (exact) mass is 226 g/mol. The van der Waals surface area contributed by atoms with E-state index in [2.05, 4.69) is 0 Å². The third-order valence-corrected chi connectivity index (χ3v) is 2.02. The highest BCUT2D eigenvalue weighted by molar-refractivity contribution is 5.91. The maximum Gasteiger partial charge on any atom is 0.341 e. The van der Waals surface area contributed by atoms with Gasteiger partial charge in [0.1, 0.15) is 24.2 Å². The summed E-state index contributed by atoms with van der Waals surface area (Å²) in [5.74, 6) is -0.332. The molecule has 1 aromatic rings. The summed E-state index contributed by atoms with van der Waals surface area (Å²) in [7, 11) is 0. The van der Waals surface area contributed by atoms with E-state index in [0.717, 1.165) is 0 Å². The summed E-state index contributed by atoms with van der Waals surface area (Å²) in [5, 5.41) is 0. The topological polar surface area (TPSA) is 65.7 Å². The van der Waals surface area contributed by atoms with Crippen LogP contribution in [-0.2, 0) is 20.9 Å². The zero-order valence-corrected chi connectivity index (χ0v) is 9.53. The van der Waals surface area contributed by atoms with E-state index in [1.165, 1.54) is 13.2 Å². The second-order valence-electron chi connectivity index (χ2n) is 3.18. The van der Waals surface area contributed by atoms with Gasteiger partial charge in [-0.25, -0.2) is 4.79 Å². The number of carbonyl (C=O) groups is 2. The molecule has 0 fully saturated rings. The Morgan fingerprint density at radius 3 is 2.62 bits per heavy atom. The molecule has 0 amide bonds.